The molecule has 0 atom stereocenters. The second-order valence-corrected chi connectivity index (χ2v) is 3.68. The van der Waals surface area contributed by atoms with E-state index in [0.717, 1.165) is 45.8 Å². The van der Waals surface area contributed by atoms with Crippen LogP contribution in [0.1, 0.15) is 19.3 Å². The molecule has 0 saturated carbocycles. The Morgan fingerprint density at radius 3 is 1.93 bits per heavy atom. The predicted octanol–water partition coefficient (Wildman–Crippen LogP) is 0.710. The molecule has 15 heavy (non-hydrogen) atoms. The Labute approximate surface area is 93.7 Å². The zero-order chi connectivity index (χ0) is 11.4. The summed E-state index contributed by atoms with van der Waals surface area (Å²) in [6.45, 7) is 5.48. The number of unbranched alkanes of at least 4 members (excludes halogenated alkanes) is 2. The van der Waals surface area contributed by atoms with Gasteiger partial charge in [0.1, 0.15) is 0 Å². The second-order valence-electron chi connectivity index (χ2n) is 3.68. The number of hydrogen-bond acceptors (Lipinski definition) is 4. The van der Waals surface area contributed by atoms with E-state index in [9.17, 15) is 0 Å². The minimum atomic E-state index is 0.792. The van der Waals surface area contributed by atoms with Gasteiger partial charge >= 0.3 is 0 Å². The van der Waals surface area contributed by atoms with E-state index in [1.54, 1.807) is 14.2 Å². The van der Waals surface area contributed by atoms with Crippen molar-refractivity contribution >= 4 is 0 Å². The highest BCUT2D eigenvalue weighted by molar-refractivity contribution is 4.57. The van der Waals surface area contributed by atoms with Gasteiger partial charge in [0, 0.05) is 27.3 Å². The Hall–Kier alpha value is -0.160. The Morgan fingerprint density at radius 2 is 1.47 bits per heavy atom. The van der Waals surface area contributed by atoms with Gasteiger partial charge in [-0.2, -0.15) is 0 Å². The summed E-state index contributed by atoms with van der Waals surface area (Å²) in [5, 5.41) is 0. The topological polar surface area (TPSA) is 47.7 Å². The van der Waals surface area contributed by atoms with Gasteiger partial charge in [0.25, 0.3) is 0 Å². The fraction of sp³-hybridized carbons (Fsp3) is 1.00. The maximum absolute atomic E-state index is 5.45. The molecule has 0 bridgehead atoms. The van der Waals surface area contributed by atoms with Crippen LogP contribution in [0.5, 0.6) is 0 Å². The van der Waals surface area contributed by atoms with E-state index >= 15 is 0 Å². The molecule has 4 heteroatoms. The van der Waals surface area contributed by atoms with Gasteiger partial charge in [0.15, 0.2) is 0 Å². The van der Waals surface area contributed by atoms with E-state index in [1.165, 1.54) is 12.8 Å². The van der Waals surface area contributed by atoms with Gasteiger partial charge in [0.05, 0.1) is 13.2 Å². The third-order valence-corrected chi connectivity index (χ3v) is 2.40. The van der Waals surface area contributed by atoms with Gasteiger partial charge in [-0.05, 0) is 25.9 Å². The Bertz CT molecular complexity index is 115. The maximum Gasteiger partial charge on any atom is 0.0589 e. The Balaban J connectivity index is 3.49. The molecule has 0 spiro atoms. The standard InChI is InChI=1S/C11H26N2O2/c1-14-10-8-13(9-11-15-2)7-5-3-4-6-12/h3-12H2,1-2H3. The monoisotopic (exact) mass is 218 g/mol. The van der Waals surface area contributed by atoms with Crippen LogP contribution in [0.2, 0.25) is 0 Å². The number of nitrogens with zero attached hydrogens (tertiary/aromatic N) is 1. The van der Waals surface area contributed by atoms with Crippen molar-refractivity contribution in [3.05, 3.63) is 0 Å². The number of nitrogens with two attached hydrogens (primary N) is 1. The first-order valence-electron chi connectivity index (χ1n) is 5.75. The lowest BCUT2D eigenvalue weighted by Crippen LogP contribution is -2.31. The van der Waals surface area contributed by atoms with E-state index < -0.39 is 0 Å². The van der Waals surface area contributed by atoms with E-state index in [0.29, 0.717) is 0 Å². The summed E-state index contributed by atoms with van der Waals surface area (Å²) in [5.41, 5.74) is 5.45. The minimum Gasteiger partial charge on any atom is -0.383 e. The second kappa shape index (κ2) is 11.9. The molecule has 0 aliphatic heterocycles. The molecule has 0 radical (unpaired) electrons. The molecule has 0 amide bonds. The van der Waals surface area contributed by atoms with Gasteiger partial charge in [0.2, 0.25) is 0 Å². The summed E-state index contributed by atoms with van der Waals surface area (Å²) in [6, 6.07) is 0. The number of rotatable bonds is 11. The van der Waals surface area contributed by atoms with Crippen LogP contribution in [0.4, 0.5) is 0 Å². The van der Waals surface area contributed by atoms with Gasteiger partial charge < -0.3 is 15.2 Å². The largest absolute Gasteiger partial charge is 0.383 e. The van der Waals surface area contributed by atoms with Crippen molar-refractivity contribution in [1.29, 1.82) is 0 Å². The van der Waals surface area contributed by atoms with Crippen LogP contribution in [0.25, 0.3) is 0 Å². The van der Waals surface area contributed by atoms with Crippen molar-refractivity contribution in [1.82, 2.24) is 4.90 Å². The van der Waals surface area contributed by atoms with Crippen LogP contribution in [-0.2, 0) is 9.47 Å². The van der Waals surface area contributed by atoms with Crippen molar-refractivity contribution in [3.8, 4) is 0 Å². The normalized spacial score (nSPS) is 11.2. The summed E-state index contributed by atoms with van der Waals surface area (Å²) < 4.78 is 10.2. The summed E-state index contributed by atoms with van der Waals surface area (Å²) in [6.07, 6.45) is 3.56. The van der Waals surface area contributed by atoms with Crippen LogP contribution in [0, 0.1) is 0 Å². The SMILES string of the molecule is COCCN(CCCCCN)CCOC. The first kappa shape index (κ1) is 14.8. The van der Waals surface area contributed by atoms with Gasteiger partial charge in [-0.1, -0.05) is 6.42 Å². The van der Waals surface area contributed by atoms with Crippen LogP contribution >= 0.6 is 0 Å². The van der Waals surface area contributed by atoms with Crippen molar-refractivity contribution in [2.24, 2.45) is 5.73 Å². The van der Waals surface area contributed by atoms with Gasteiger partial charge in [-0.15, -0.1) is 0 Å². The van der Waals surface area contributed by atoms with Crippen LogP contribution in [0.15, 0.2) is 0 Å². The lowest BCUT2D eigenvalue weighted by molar-refractivity contribution is 0.113. The molecule has 0 fully saturated rings. The zero-order valence-electron chi connectivity index (χ0n) is 10.2. The molecule has 0 aromatic heterocycles. The molecular formula is C11H26N2O2. The molecule has 0 aromatic rings. The lowest BCUT2D eigenvalue weighted by Gasteiger charge is -2.21. The number of ether oxygens (including phenoxy) is 2. The molecular weight excluding hydrogens is 192 g/mol. The Kier molecular flexibility index (Phi) is 11.8. The van der Waals surface area contributed by atoms with Crippen LogP contribution in [0.3, 0.4) is 0 Å². The smallest absolute Gasteiger partial charge is 0.0589 e. The number of methoxy groups -OCH3 is 2. The van der Waals surface area contributed by atoms with Crippen molar-refractivity contribution in [3.63, 3.8) is 0 Å². The third-order valence-electron chi connectivity index (χ3n) is 2.40. The summed E-state index contributed by atoms with van der Waals surface area (Å²) >= 11 is 0. The first-order valence-corrected chi connectivity index (χ1v) is 5.75. The summed E-state index contributed by atoms with van der Waals surface area (Å²) in [4.78, 5) is 2.38. The maximum atomic E-state index is 5.45. The fourth-order valence-corrected chi connectivity index (χ4v) is 1.43. The molecule has 0 unspecified atom stereocenters. The molecule has 0 aliphatic carbocycles. The highest BCUT2D eigenvalue weighted by Gasteiger charge is 2.03. The van der Waals surface area contributed by atoms with E-state index in [-0.39, 0.29) is 0 Å². The zero-order valence-corrected chi connectivity index (χ0v) is 10.2. The molecule has 2 N–H and O–H groups in total. The number of hydrogen-bond donors (Lipinski definition) is 1. The molecule has 0 rings (SSSR count). The summed E-state index contributed by atoms with van der Waals surface area (Å²) in [7, 11) is 3.48. The predicted molar refractivity (Wildman–Crippen MR) is 63.1 cm³/mol. The lowest BCUT2D eigenvalue weighted by atomic mass is 10.2. The average Bonchev–Trinajstić information content (AvgIpc) is 2.27. The van der Waals surface area contributed by atoms with Crippen LogP contribution < -0.4 is 5.73 Å². The van der Waals surface area contributed by atoms with E-state index in [4.69, 9.17) is 15.2 Å². The van der Waals surface area contributed by atoms with Crippen molar-refractivity contribution in [2.75, 3.05) is 53.6 Å². The first-order chi connectivity index (χ1) is 7.35. The molecule has 0 heterocycles. The van der Waals surface area contributed by atoms with Crippen molar-refractivity contribution in [2.45, 2.75) is 19.3 Å². The molecule has 0 aliphatic rings. The third kappa shape index (κ3) is 10.1. The molecule has 0 aromatic carbocycles. The fourth-order valence-electron chi connectivity index (χ4n) is 1.43. The highest BCUT2D eigenvalue weighted by atomic mass is 16.5. The Morgan fingerprint density at radius 1 is 0.867 bits per heavy atom. The van der Waals surface area contributed by atoms with Crippen LogP contribution in [-0.4, -0.2) is 58.5 Å². The quantitative estimate of drug-likeness (QED) is 0.519. The molecule has 4 nitrogen and oxygen atoms in total. The van der Waals surface area contributed by atoms with E-state index in [2.05, 4.69) is 4.90 Å². The average molecular weight is 218 g/mol. The van der Waals surface area contributed by atoms with Gasteiger partial charge in [-0.3, -0.25) is 4.90 Å². The molecule has 0 saturated heterocycles. The van der Waals surface area contributed by atoms with Crippen molar-refractivity contribution < 1.29 is 9.47 Å². The molecule has 92 valence electrons. The highest BCUT2D eigenvalue weighted by Crippen LogP contribution is 1.98. The minimum absolute atomic E-state index is 0.792. The van der Waals surface area contributed by atoms with Gasteiger partial charge in [-0.25, -0.2) is 0 Å². The summed E-state index contributed by atoms with van der Waals surface area (Å²) in [5.74, 6) is 0. The van der Waals surface area contributed by atoms with E-state index in [1.807, 2.05) is 0 Å².